The van der Waals surface area contributed by atoms with Gasteiger partial charge in [0, 0.05) is 13.1 Å². The molecule has 5 nitrogen and oxygen atoms in total. The van der Waals surface area contributed by atoms with Crippen molar-refractivity contribution in [3.63, 3.8) is 0 Å². The van der Waals surface area contributed by atoms with E-state index in [0.29, 0.717) is 13.1 Å². The topological polar surface area (TPSA) is 58.6 Å². The van der Waals surface area contributed by atoms with Crippen molar-refractivity contribution in [2.75, 3.05) is 33.3 Å². The van der Waals surface area contributed by atoms with Crippen LogP contribution in [0.2, 0.25) is 0 Å². The number of nitrogens with zero attached hydrogens (tertiary/aromatic N) is 1. The van der Waals surface area contributed by atoms with E-state index in [1.807, 2.05) is 24.3 Å². The summed E-state index contributed by atoms with van der Waals surface area (Å²) in [4.78, 5) is 0. The van der Waals surface area contributed by atoms with Crippen molar-refractivity contribution in [3.8, 4) is 5.75 Å². The quantitative estimate of drug-likeness (QED) is 0.906. The highest BCUT2D eigenvalue weighted by molar-refractivity contribution is 7.90. The summed E-state index contributed by atoms with van der Waals surface area (Å²) >= 11 is 0. The Morgan fingerprint density at radius 1 is 1.32 bits per heavy atom. The lowest BCUT2D eigenvalue weighted by Gasteiger charge is -2.17. The molecule has 122 valence electrons. The van der Waals surface area contributed by atoms with Crippen molar-refractivity contribution in [1.82, 2.24) is 9.62 Å². The molecule has 0 aliphatic carbocycles. The van der Waals surface area contributed by atoms with E-state index in [4.69, 9.17) is 4.74 Å². The van der Waals surface area contributed by atoms with E-state index < -0.39 is 10.0 Å². The Morgan fingerprint density at radius 2 is 2.14 bits per heavy atom. The van der Waals surface area contributed by atoms with Crippen molar-refractivity contribution in [3.05, 3.63) is 29.8 Å². The molecule has 6 heteroatoms. The van der Waals surface area contributed by atoms with Gasteiger partial charge < -0.3 is 10.1 Å². The maximum Gasteiger partial charge on any atom is 0.217 e. The van der Waals surface area contributed by atoms with E-state index >= 15 is 0 Å². The highest BCUT2D eigenvalue weighted by Crippen LogP contribution is 2.33. The second kappa shape index (κ2) is 6.56. The molecule has 0 aromatic heterocycles. The molecule has 3 rings (SSSR count). The standard InChI is InChI=1S/C16H24N2O3S/c1-21-15-4-2-3-13(11-15)7-10-18-12-14-5-8-17-9-6-16(14)22(18,19)20/h2-4,11,14,16-17H,5-10,12H2,1H3/t14-,16-/m1/s1. The fraction of sp³-hybridized carbons (Fsp3) is 0.625. The van der Waals surface area contributed by atoms with Crippen molar-refractivity contribution in [1.29, 1.82) is 0 Å². The molecule has 2 heterocycles. The van der Waals surface area contributed by atoms with E-state index in [9.17, 15) is 8.42 Å². The van der Waals surface area contributed by atoms with Gasteiger partial charge in [-0.05, 0) is 56.0 Å². The fourth-order valence-corrected chi connectivity index (χ4v) is 5.79. The Labute approximate surface area is 132 Å². The lowest BCUT2D eigenvalue weighted by molar-refractivity contribution is 0.386. The van der Waals surface area contributed by atoms with Gasteiger partial charge in [-0.15, -0.1) is 0 Å². The van der Waals surface area contributed by atoms with Crippen molar-refractivity contribution >= 4 is 10.0 Å². The first kappa shape index (κ1) is 15.8. The molecule has 2 atom stereocenters. The average molecular weight is 324 g/mol. The molecule has 0 saturated carbocycles. The molecule has 0 radical (unpaired) electrons. The summed E-state index contributed by atoms with van der Waals surface area (Å²) in [6.07, 6.45) is 2.43. The van der Waals surface area contributed by atoms with E-state index in [1.54, 1.807) is 11.4 Å². The molecular formula is C16H24N2O3S. The van der Waals surface area contributed by atoms with Crippen LogP contribution >= 0.6 is 0 Å². The number of rotatable bonds is 4. The second-order valence-electron chi connectivity index (χ2n) is 6.13. The predicted molar refractivity (Wildman–Crippen MR) is 86.6 cm³/mol. The number of hydrogen-bond acceptors (Lipinski definition) is 4. The molecule has 0 amide bonds. The van der Waals surface area contributed by atoms with Crippen LogP contribution in [0.25, 0.3) is 0 Å². The Bertz CT molecular complexity index is 618. The number of ether oxygens (including phenoxy) is 1. The molecule has 0 bridgehead atoms. The highest BCUT2D eigenvalue weighted by atomic mass is 32.2. The van der Waals surface area contributed by atoms with Crippen LogP contribution in [0.5, 0.6) is 5.75 Å². The molecule has 2 fully saturated rings. The van der Waals surface area contributed by atoms with E-state index in [2.05, 4.69) is 5.32 Å². The second-order valence-corrected chi connectivity index (χ2v) is 8.28. The maximum absolute atomic E-state index is 12.7. The first-order valence-electron chi connectivity index (χ1n) is 7.94. The van der Waals surface area contributed by atoms with Gasteiger partial charge in [-0.3, -0.25) is 0 Å². The van der Waals surface area contributed by atoms with E-state index in [-0.39, 0.29) is 11.2 Å². The molecule has 1 N–H and O–H groups in total. The Balaban J connectivity index is 1.67. The molecule has 1 aromatic carbocycles. The Kier molecular flexibility index (Phi) is 4.70. The summed E-state index contributed by atoms with van der Waals surface area (Å²) in [5, 5.41) is 3.11. The van der Waals surface area contributed by atoms with Crippen LogP contribution in [0.3, 0.4) is 0 Å². The van der Waals surface area contributed by atoms with Gasteiger partial charge in [-0.2, -0.15) is 0 Å². The third kappa shape index (κ3) is 3.14. The van der Waals surface area contributed by atoms with Gasteiger partial charge in [0.25, 0.3) is 0 Å². The van der Waals surface area contributed by atoms with Gasteiger partial charge in [-0.1, -0.05) is 12.1 Å². The third-order valence-corrected chi connectivity index (χ3v) is 7.23. The fourth-order valence-electron chi connectivity index (χ4n) is 3.54. The number of fused-ring (bicyclic) bond motifs is 1. The minimum absolute atomic E-state index is 0.187. The molecule has 2 aliphatic heterocycles. The molecule has 0 unspecified atom stereocenters. The number of nitrogens with one attached hydrogen (secondary N) is 1. The number of benzene rings is 1. The van der Waals surface area contributed by atoms with Crippen molar-refractivity contribution in [2.45, 2.75) is 24.5 Å². The van der Waals surface area contributed by atoms with Crippen LogP contribution in [0, 0.1) is 5.92 Å². The molecule has 2 saturated heterocycles. The summed E-state index contributed by atoms with van der Waals surface area (Å²) in [6.45, 7) is 2.99. The zero-order valence-electron chi connectivity index (χ0n) is 13.0. The molecule has 0 spiro atoms. The zero-order chi connectivity index (χ0) is 15.6. The smallest absolute Gasteiger partial charge is 0.217 e. The van der Waals surface area contributed by atoms with E-state index in [0.717, 1.165) is 43.7 Å². The van der Waals surface area contributed by atoms with Gasteiger partial charge >= 0.3 is 0 Å². The van der Waals surface area contributed by atoms with Gasteiger partial charge in [0.05, 0.1) is 12.4 Å². The summed E-state index contributed by atoms with van der Waals surface area (Å²) in [6, 6.07) is 7.85. The number of hydrogen-bond donors (Lipinski definition) is 1. The van der Waals surface area contributed by atoms with Gasteiger partial charge in [-0.25, -0.2) is 12.7 Å². The summed E-state index contributed by atoms with van der Waals surface area (Å²) in [5.41, 5.74) is 1.11. The third-order valence-electron chi connectivity index (χ3n) is 4.79. The Morgan fingerprint density at radius 3 is 2.95 bits per heavy atom. The lowest BCUT2D eigenvalue weighted by Crippen LogP contribution is -2.32. The monoisotopic (exact) mass is 324 g/mol. The Hall–Kier alpha value is -1.11. The van der Waals surface area contributed by atoms with Crippen molar-refractivity contribution < 1.29 is 13.2 Å². The SMILES string of the molecule is COc1cccc(CCN2C[C@H]3CCNCC[C@H]3S2(=O)=O)c1. The number of methoxy groups -OCH3 is 1. The van der Waals surface area contributed by atoms with Crippen LogP contribution in [-0.2, 0) is 16.4 Å². The van der Waals surface area contributed by atoms with Crippen molar-refractivity contribution in [2.24, 2.45) is 5.92 Å². The zero-order valence-corrected chi connectivity index (χ0v) is 13.8. The minimum Gasteiger partial charge on any atom is -0.497 e. The molecule has 2 aliphatic rings. The summed E-state index contributed by atoms with van der Waals surface area (Å²) < 4.78 is 32.3. The maximum atomic E-state index is 12.7. The molecule has 1 aromatic rings. The number of sulfonamides is 1. The average Bonchev–Trinajstić information content (AvgIpc) is 2.70. The molecular weight excluding hydrogens is 300 g/mol. The van der Waals surface area contributed by atoms with Gasteiger partial charge in [0.2, 0.25) is 10.0 Å². The normalized spacial score (nSPS) is 28.0. The van der Waals surface area contributed by atoms with Gasteiger partial charge in [0.1, 0.15) is 5.75 Å². The lowest BCUT2D eigenvalue weighted by atomic mass is 10.0. The first-order valence-corrected chi connectivity index (χ1v) is 9.44. The van der Waals surface area contributed by atoms with Crippen LogP contribution in [0.4, 0.5) is 0 Å². The van der Waals surface area contributed by atoms with Crippen LogP contribution in [0.15, 0.2) is 24.3 Å². The predicted octanol–water partition coefficient (Wildman–Crippen LogP) is 1.25. The summed E-state index contributed by atoms with van der Waals surface area (Å²) in [5.74, 6) is 1.10. The summed E-state index contributed by atoms with van der Waals surface area (Å²) in [7, 11) is -1.49. The first-order chi connectivity index (χ1) is 10.6. The van der Waals surface area contributed by atoms with Crippen LogP contribution < -0.4 is 10.1 Å². The van der Waals surface area contributed by atoms with Crippen LogP contribution in [-0.4, -0.2) is 51.3 Å². The van der Waals surface area contributed by atoms with Crippen LogP contribution in [0.1, 0.15) is 18.4 Å². The van der Waals surface area contributed by atoms with E-state index in [1.165, 1.54) is 0 Å². The largest absolute Gasteiger partial charge is 0.497 e. The van der Waals surface area contributed by atoms with Gasteiger partial charge in [0.15, 0.2) is 0 Å². The highest BCUT2D eigenvalue weighted by Gasteiger charge is 2.45. The molecule has 22 heavy (non-hydrogen) atoms. The minimum atomic E-state index is -3.14.